The highest BCUT2D eigenvalue weighted by atomic mass is 16.5. The Morgan fingerprint density at radius 3 is 2.38 bits per heavy atom. The third-order valence-corrected chi connectivity index (χ3v) is 5.57. The average molecular weight is 439 g/mol. The maximum atomic E-state index is 12.4. The summed E-state index contributed by atoms with van der Waals surface area (Å²) in [5.74, 6) is -0.788. The van der Waals surface area contributed by atoms with E-state index in [1.54, 1.807) is 55.7 Å². The lowest BCUT2D eigenvalue weighted by Crippen LogP contribution is -2.27. The van der Waals surface area contributed by atoms with E-state index in [-0.39, 0.29) is 24.8 Å². The lowest BCUT2D eigenvalue weighted by molar-refractivity contribution is -0.137. The van der Waals surface area contributed by atoms with Crippen molar-refractivity contribution >= 4 is 29.4 Å². The van der Waals surface area contributed by atoms with Crippen LogP contribution in [0.5, 0.6) is 0 Å². The standard InChI is InChI=1S/C25H30N2O5/c1-30-21-8-10-22(11-9-21)32-25(29)18-5-2-17(3-6-18)4-13-24(28)31-15-14-19-16-20(26)7-12-23(19)27/h2-7,12-13,16,21-22H,8-11,14-15,26-27H2,1H3/b13-4+. The minimum Gasteiger partial charge on any atom is -0.462 e. The number of anilines is 2. The molecule has 2 aromatic carbocycles. The van der Waals surface area contributed by atoms with Crippen molar-refractivity contribution in [2.45, 2.75) is 44.3 Å². The van der Waals surface area contributed by atoms with Gasteiger partial charge in [-0.2, -0.15) is 0 Å². The van der Waals surface area contributed by atoms with Gasteiger partial charge in [0, 0.05) is 31.0 Å². The summed E-state index contributed by atoms with van der Waals surface area (Å²) in [7, 11) is 1.71. The first kappa shape index (κ1) is 23.3. The van der Waals surface area contributed by atoms with Crippen LogP contribution in [0.15, 0.2) is 48.5 Å². The number of methoxy groups -OCH3 is 1. The molecule has 4 N–H and O–H groups in total. The molecule has 1 saturated carbocycles. The molecule has 32 heavy (non-hydrogen) atoms. The van der Waals surface area contributed by atoms with Crippen LogP contribution in [0.1, 0.15) is 47.2 Å². The molecule has 0 aliphatic heterocycles. The summed E-state index contributed by atoms with van der Waals surface area (Å²) in [5, 5.41) is 0. The van der Waals surface area contributed by atoms with Crippen LogP contribution in [0.2, 0.25) is 0 Å². The van der Waals surface area contributed by atoms with Crippen LogP contribution < -0.4 is 11.5 Å². The smallest absolute Gasteiger partial charge is 0.338 e. The van der Waals surface area contributed by atoms with Gasteiger partial charge in [0.15, 0.2) is 0 Å². The van der Waals surface area contributed by atoms with E-state index in [1.165, 1.54) is 6.08 Å². The van der Waals surface area contributed by atoms with Crippen molar-refractivity contribution in [3.63, 3.8) is 0 Å². The summed E-state index contributed by atoms with van der Waals surface area (Å²) >= 11 is 0. The number of rotatable bonds is 8. The number of carbonyl (C=O) groups is 2. The van der Waals surface area contributed by atoms with E-state index < -0.39 is 5.97 Å². The van der Waals surface area contributed by atoms with E-state index in [4.69, 9.17) is 25.7 Å². The molecular weight excluding hydrogens is 408 g/mol. The predicted octanol–water partition coefficient (Wildman–Crippen LogP) is 3.76. The zero-order valence-corrected chi connectivity index (χ0v) is 18.3. The normalized spacial score (nSPS) is 18.4. The minimum atomic E-state index is -0.456. The highest BCUT2D eigenvalue weighted by Crippen LogP contribution is 2.24. The minimum absolute atomic E-state index is 0.0640. The van der Waals surface area contributed by atoms with Crippen LogP contribution in [0.4, 0.5) is 11.4 Å². The summed E-state index contributed by atoms with van der Waals surface area (Å²) < 4.78 is 16.2. The molecule has 1 fully saturated rings. The zero-order chi connectivity index (χ0) is 22.9. The van der Waals surface area contributed by atoms with Crippen molar-refractivity contribution < 1.29 is 23.8 Å². The summed E-state index contributed by atoms with van der Waals surface area (Å²) in [6.07, 6.45) is 7.11. The van der Waals surface area contributed by atoms with Crippen LogP contribution in [0, 0.1) is 0 Å². The Kier molecular flexibility index (Phi) is 8.27. The molecule has 0 atom stereocenters. The highest BCUT2D eigenvalue weighted by Gasteiger charge is 2.24. The SMILES string of the molecule is COC1CCC(OC(=O)c2ccc(/C=C/C(=O)OCCc3cc(N)ccc3N)cc2)CC1. The summed E-state index contributed by atoms with van der Waals surface area (Å²) in [4.78, 5) is 24.3. The van der Waals surface area contributed by atoms with E-state index >= 15 is 0 Å². The Morgan fingerprint density at radius 1 is 1.00 bits per heavy atom. The second kappa shape index (κ2) is 11.3. The number of hydrogen-bond acceptors (Lipinski definition) is 7. The number of nitrogen functional groups attached to an aromatic ring is 2. The molecule has 0 amide bonds. The monoisotopic (exact) mass is 438 g/mol. The molecule has 7 heteroatoms. The summed E-state index contributed by atoms with van der Waals surface area (Å²) in [6, 6.07) is 12.1. The molecule has 0 saturated heterocycles. The molecule has 3 rings (SSSR count). The first-order chi connectivity index (χ1) is 15.4. The van der Waals surface area contributed by atoms with Gasteiger partial charge in [-0.05, 0) is 73.2 Å². The van der Waals surface area contributed by atoms with Gasteiger partial charge in [-0.25, -0.2) is 9.59 Å². The largest absolute Gasteiger partial charge is 0.462 e. The molecule has 0 radical (unpaired) electrons. The molecule has 0 aromatic heterocycles. The maximum Gasteiger partial charge on any atom is 0.338 e. The van der Waals surface area contributed by atoms with E-state index in [0.717, 1.165) is 36.8 Å². The van der Waals surface area contributed by atoms with Crippen molar-refractivity contribution in [3.8, 4) is 0 Å². The molecular formula is C25H30N2O5. The summed E-state index contributed by atoms with van der Waals surface area (Å²) in [5.41, 5.74) is 15.0. The lowest BCUT2D eigenvalue weighted by atomic mass is 9.95. The molecule has 170 valence electrons. The Bertz CT molecular complexity index is 947. The van der Waals surface area contributed by atoms with Gasteiger partial charge in [0.05, 0.1) is 18.3 Å². The molecule has 0 heterocycles. The first-order valence-electron chi connectivity index (χ1n) is 10.8. The molecule has 0 bridgehead atoms. The van der Waals surface area contributed by atoms with Gasteiger partial charge in [-0.1, -0.05) is 12.1 Å². The predicted molar refractivity (Wildman–Crippen MR) is 124 cm³/mol. The number of carbonyl (C=O) groups excluding carboxylic acids is 2. The fraction of sp³-hybridized carbons (Fsp3) is 0.360. The van der Waals surface area contributed by atoms with E-state index in [0.29, 0.717) is 23.4 Å². The Labute approximate surface area is 188 Å². The molecule has 0 spiro atoms. The highest BCUT2D eigenvalue weighted by molar-refractivity contribution is 5.90. The molecule has 1 aliphatic carbocycles. The van der Waals surface area contributed by atoms with Gasteiger partial charge in [-0.3, -0.25) is 0 Å². The first-order valence-corrected chi connectivity index (χ1v) is 10.8. The van der Waals surface area contributed by atoms with E-state index in [1.807, 2.05) is 0 Å². The van der Waals surface area contributed by atoms with Crippen molar-refractivity contribution in [1.29, 1.82) is 0 Å². The van der Waals surface area contributed by atoms with Gasteiger partial charge < -0.3 is 25.7 Å². The van der Waals surface area contributed by atoms with Gasteiger partial charge in [0.1, 0.15) is 6.10 Å². The van der Waals surface area contributed by atoms with Gasteiger partial charge >= 0.3 is 11.9 Å². The Balaban J connectivity index is 1.43. The fourth-order valence-electron chi connectivity index (χ4n) is 3.65. The topological polar surface area (TPSA) is 114 Å². The van der Waals surface area contributed by atoms with Crippen LogP contribution >= 0.6 is 0 Å². The van der Waals surface area contributed by atoms with Crippen LogP contribution in [-0.4, -0.2) is 37.9 Å². The maximum absolute atomic E-state index is 12.4. The molecule has 1 aliphatic rings. The Hall–Kier alpha value is -3.32. The number of hydrogen-bond donors (Lipinski definition) is 2. The zero-order valence-electron chi connectivity index (χ0n) is 18.3. The third kappa shape index (κ3) is 6.85. The van der Waals surface area contributed by atoms with E-state index in [9.17, 15) is 9.59 Å². The van der Waals surface area contributed by atoms with Crippen molar-refractivity contribution in [1.82, 2.24) is 0 Å². The fourth-order valence-corrected chi connectivity index (χ4v) is 3.65. The van der Waals surface area contributed by atoms with E-state index in [2.05, 4.69) is 0 Å². The van der Waals surface area contributed by atoms with Gasteiger partial charge in [0.25, 0.3) is 0 Å². The van der Waals surface area contributed by atoms with Gasteiger partial charge in [-0.15, -0.1) is 0 Å². The van der Waals surface area contributed by atoms with Crippen LogP contribution in [-0.2, 0) is 25.4 Å². The number of esters is 2. The molecule has 0 unspecified atom stereocenters. The number of ether oxygens (including phenoxy) is 3. The summed E-state index contributed by atoms with van der Waals surface area (Å²) in [6.45, 7) is 0.202. The van der Waals surface area contributed by atoms with Crippen molar-refractivity contribution in [2.24, 2.45) is 0 Å². The third-order valence-electron chi connectivity index (χ3n) is 5.57. The van der Waals surface area contributed by atoms with Crippen LogP contribution in [0.3, 0.4) is 0 Å². The Morgan fingerprint density at radius 2 is 1.69 bits per heavy atom. The second-order valence-corrected chi connectivity index (χ2v) is 7.87. The van der Waals surface area contributed by atoms with Crippen LogP contribution in [0.25, 0.3) is 6.08 Å². The second-order valence-electron chi connectivity index (χ2n) is 7.87. The number of nitrogens with two attached hydrogens (primary N) is 2. The molecule has 7 nitrogen and oxygen atoms in total. The average Bonchev–Trinajstić information content (AvgIpc) is 2.80. The molecule has 2 aromatic rings. The van der Waals surface area contributed by atoms with Gasteiger partial charge in [0.2, 0.25) is 0 Å². The number of benzene rings is 2. The lowest BCUT2D eigenvalue weighted by Gasteiger charge is -2.27. The van der Waals surface area contributed by atoms with Crippen molar-refractivity contribution in [2.75, 3.05) is 25.2 Å². The van der Waals surface area contributed by atoms with Crippen molar-refractivity contribution in [3.05, 3.63) is 65.2 Å². The quantitative estimate of drug-likeness (QED) is 0.366.